The molecule has 0 spiro atoms. The van der Waals surface area contributed by atoms with E-state index in [1.165, 1.54) is 32.8 Å². The number of hydrogen-bond acceptors (Lipinski definition) is 4. The summed E-state index contributed by atoms with van der Waals surface area (Å²) in [5, 5.41) is 3.09. The smallest absolute Gasteiger partial charge is 0.339 e. The van der Waals surface area contributed by atoms with Gasteiger partial charge in [0.15, 0.2) is 0 Å². The maximum absolute atomic E-state index is 12.7. The fraction of sp³-hybridized carbons (Fsp3) is 0.684. The SMILES string of the molecule is COC(=O)c1c(C)[nH]c(C(=O)NCC2(N(C)C)CCCCCC2)c1C. The van der Waals surface area contributed by atoms with Crippen molar-refractivity contribution in [2.24, 2.45) is 0 Å². The fourth-order valence-corrected chi connectivity index (χ4v) is 3.89. The Bertz CT molecular complexity index is 626. The van der Waals surface area contributed by atoms with E-state index >= 15 is 0 Å². The van der Waals surface area contributed by atoms with Crippen molar-refractivity contribution in [1.82, 2.24) is 15.2 Å². The molecular formula is C19H31N3O3. The molecule has 1 aliphatic rings. The molecule has 1 aromatic rings. The zero-order valence-corrected chi connectivity index (χ0v) is 16.1. The van der Waals surface area contributed by atoms with Gasteiger partial charge >= 0.3 is 5.97 Å². The molecule has 140 valence electrons. The molecule has 0 aromatic carbocycles. The van der Waals surface area contributed by atoms with Crippen molar-refractivity contribution in [3.8, 4) is 0 Å². The second-order valence-corrected chi connectivity index (χ2v) is 7.33. The first kappa shape index (κ1) is 19.5. The van der Waals surface area contributed by atoms with E-state index in [2.05, 4.69) is 29.3 Å². The van der Waals surface area contributed by atoms with Gasteiger partial charge in [-0.25, -0.2) is 4.79 Å². The molecule has 6 nitrogen and oxygen atoms in total. The van der Waals surface area contributed by atoms with Crippen LogP contribution in [-0.4, -0.2) is 55.0 Å². The molecule has 0 unspecified atom stereocenters. The number of rotatable bonds is 5. The summed E-state index contributed by atoms with van der Waals surface area (Å²) >= 11 is 0. The van der Waals surface area contributed by atoms with Crippen molar-refractivity contribution in [2.45, 2.75) is 57.9 Å². The van der Waals surface area contributed by atoms with E-state index in [1.54, 1.807) is 13.8 Å². The largest absolute Gasteiger partial charge is 0.465 e. The number of methoxy groups -OCH3 is 1. The van der Waals surface area contributed by atoms with Crippen LogP contribution in [0.3, 0.4) is 0 Å². The normalized spacial score (nSPS) is 17.2. The molecule has 1 amide bonds. The second kappa shape index (κ2) is 8.04. The molecule has 1 aromatic heterocycles. The highest BCUT2D eigenvalue weighted by molar-refractivity contribution is 6.00. The predicted molar refractivity (Wildman–Crippen MR) is 98.1 cm³/mol. The third kappa shape index (κ3) is 4.06. The van der Waals surface area contributed by atoms with E-state index in [-0.39, 0.29) is 11.4 Å². The Labute approximate surface area is 150 Å². The average molecular weight is 349 g/mol. The van der Waals surface area contributed by atoms with Gasteiger partial charge in [0.05, 0.1) is 12.7 Å². The first-order chi connectivity index (χ1) is 11.8. The molecule has 2 rings (SSSR count). The van der Waals surface area contributed by atoms with Crippen LogP contribution >= 0.6 is 0 Å². The lowest BCUT2D eigenvalue weighted by atomic mass is 9.88. The summed E-state index contributed by atoms with van der Waals surface area (Å²) in [5.74, 6) is -0.583. The van der Waals surface area contributed by atoms with Crippen LogP contribution in [0.4, 0.5) is 0 Å². The highest BCUT2D eigenvalue weighted by atomic mass is 16.5. The Morgan fingerprint density at radius 2 is 1.76 bits per heavy atom. The lowest BCUT2D eigenvalue weighted by molar-refractivity contribution is 0.0599. The lowest BCUT2D eigenvalue weighted by Gasteiger charge is -2.39. The molecule has 1 fully saturated rings. The second-order valence-electron chi connectivity index (χ2n) is 7.33. The maximum Gasteiger partial charge on any atom is 0.339 e. The van der Waals surface area contributed by atoms with Gasteiger partial charge in [0.2, 0.25) is 0 Å². The first-order valence-electron chi connectivity index (χ1n) is 9.05. The maximum atomic E-state index is 12.7. The number of H-pyrrole nitrogens is 1. The number of amides is 1. The molecule has 0 saturated heterocycles. The molecule has 0 aliphatic heterocycles. The predicted octanol–water partition coefficient (Wildman–Crippen LogP) is 2.80. The Balaban J connectivity index is 2.15. The van der Waals surface area contributed by atoms with Gasteiger partial charge in [0.25, 0.3) is 5.91 Å². The number of hydrogen-bond donors (Lipinski definition) is 2. The molecule has 1 heterocycles. The molecule has 0 radical (unpaired) electrons. The number of esters is 1. The quantitative estimate of drug-likeness (QED) is 0.633. The van der Waals surface area contributed by atoms with Crippen LogP contribution in [0.15, 0.2) is 0 Å². The standard InChI is InChI=1S/C19H31N3O3/c1-13-15(18(24)25-5)14(2)21-16(13)17(23)20-12-19(22(3)4)10-8-6-7-9-11-19/h21H,6-12H2,1-5H3,(H,20,23). The van der Waals surface area contributed by atoms with Crippen molar-refractivity contribution in [3.05, 3.63) is 22.5 Å². The number of aryl methyl sites for hydroxylation is 1. The number of ether oxygens (including phenoxy) is 1. The Kier molecular flexibility index (Phi) is 6.27. The third-order valence-corrected chi connectivity index (χ3v) is 5.62. The van der Waals surface area contributed by atoms with Crippen molar-refractivity contribution in [3.63, 3.8) is 0 Å². The van der Waals surface area contributed by atoms with Crippen molar-refractivity contribution < 1.29 is 14.3 Å². The number of carbonyl (C=O) groups excluding carboxylic acids is 2. The van der Waals surface area contributed by atoms with Crippen molar-refractivity contribution in [2.75, 3.05) is 27.7 Å². The van der Waals surface area contributed by atoms with Gasteiger partial charge in [-0.3, -0.25) is 4.79 Å². The van der Waals surface area contributed by atoms with Gasteiger partial charge in [0.1, 0.15) is 5.69 Å². The molecule has 25 heavy (non-hydrogen) atoms. The minimum absolute atomic E-state index is 0.00683. The summed E-state index contributed by atoms with van der Waals surface area (Å²) in [6, 6.07) is 0. The van der Waals surface area contributed by atoms with Crippen LogP contribution in [-0.2, 0) is 4.74 Å². The van der Waals surface area contributed by atoms with Crippen LogP contribution in [0.5, 0.6) is 0 Å². The van der Waals surface area contributed by atoms with Gasteiger partial charge < -0.3 is 19.9 Å². The van der Waals surface area contributed by atoms with Crippen LogP contribution in [0.2, 0.25) is 0 Å². The first-order valence-corrected chi connectivity index (χ1v) is 9.05. The summed E-state index contributed by atoms with van der Waals surface area (Å²) in [6.45, 7) is 4.17. The number of nitrogens with one attached hydrogen (secondary N) is 2. The molecule has 6 heteroatoms. The minimum Gasteiger partial charge on any atom is -0.465 e. The van der Waals surface area contributed by atoms with Gasteiger partial charge in [-0.15, -0.1) is 0 Å². The van der Waals surface area contributed by atoms with Gasteiger partial charge in [-0.2, -0.15) is 0 Å². The van der Waals surface area contributed by atoms with E-state index in [0.29, 0.717) is 29.1 Å². The van der Waals surface area contributed by atoms with Gasteiger partial charge in [-0.05, 0) is 46.3 Å². The molecule has 2 N–H and O–H groups in total. The van der Waals surface area contributed by atoms with E-state index in [0.717, 1.165) is 12.8 Å². The van der Waals surface area contributed by atoms with Crippen LogP contribution in [0.25, 0.3) is 0 Å². The monoisotopic (exact) mass is 349 g/mol. The minimum atomic E-state index is -0.418. The number of carbonyl (C=O) groups is 2. The number of aromatic amines is 1. The summed E-state index contributed by atoms with van der Waals surface area (Å²) in [5.41, 5.74) is 2.20. The van der Waals surface area contributed by atoms with Crippen molar-refractivity contribution in [1.29, 1.82) is 0 Å². The number of aromatic nitrogens is 1. The lowest BCUT2D eigenvalue weighted by Crippen LogP contribution is -2.52. The van der Waals surface area contributed by atoms with Crippen LogP contribution in [0, 0.1) is 13.8 Å². The molecule has 1 saturated carbocycles. The molecule has 0 bridgehead atoms. The van der Waals surface area contributed by atoms with Crippen LogP contribution in [0.1, 0.15) is 70.6 Å². The summed E-state index contributed by atoms with van der Waals surface area (Å²) in [6.07, 6.45) is 7.11. The van der Waals surface area contributed by atoms with Crippen LogP contribution < -0.4 is 5.32 Å². The van der Waals surface area contributed by atoms with Gasteiger partial charge in [-0.1, -0.05) is 25.7 Å². The topological polar surface area (TPSA) is 74.4 Å². The fourth-order valence-electron chi connectivity index (χ4n) is 3.89. The number of likely N-dealkylation sites (N-methyl/N-ethyl adjacent to an activating group) is 1. The molecule has 0 atom stereocenters. The third-order valence-electron chi connectivity index (χ3n) is 5.62. The van der Waals surface area contributed by atoms with E-state index in [9.17, 15) is 9.59 Å². The van der Waals surface area contributed by atoms with E-state index in [4.69, 9.17) is 4.74 Å². The molecule has 1 aliphatic carbocycles. The Hall–Kier alpha value is -1.82. The summed E-state index contributed by atoms with van der Waals surface area (Å²) in [7, 11) is 5.54. The van der Waals surface area contributed by atoms with Crippen molar-refractivity contribution >= 4 is 11.9 Å². The Morgan fingerprint density at radius 1 is 1.16 bits per heavy atom. The zero-order chi connectivity index (χ0) is 18.6. The Morgan fingerprint density at radius 3 is 2.28 bits per heavy atom. The highest BCUT2D eigenvalue weighted by Crippen LogP contribution is 2.30. The highest BCUT2D eigenvalue weighted by Gasteiger charge is 2.34. The average Bonchev–Trinajstić information content (AvgIpc) is 2.77. The number of nitrogens with zero attached hydrogens (tertiary/aromatic N) is 1. The summed E-state index contributed by atoms with van der Waals surface area (Å²) < 4.78 is 4.81. The van der Waals surface area contributed by atoms with E-state index in [1.807, 2.05) is 0 Å². The zero-order valence-electron chi connectivity index (χ0n) is 16.1. The summed E-state index contributed by atoms with van der Waals surface area (Å²) in [4.78, 5) is 29.9. The van der Waals surface area contributed by atoms with E-state index < -0.39 is 5.97 Å². The van der Waals surface area contributed by atoms with Gasteiger partial charge in [0, 0.05) is 17.8 Å². The molecular weight excluding hydrogens is 318 g/mol.